The minimum atomic E-state index is -0.188. The number of aromatic nitrogens is 6. The maximum absolute atomic E-state index is 13.1. The topological polar surface area (TPSA) is 130 Å². The first-order valence-electron chi connectivity index (χ1n) is 13.1. The predicted molar refractivity (Wildman–Crippen MR) is 140 cm³/mol. The average molecular weight is 502 g/mol. The highest BCUT2D eigenvalue weighted by atomic mass is 16.5. The van der Waals surface area contributed by atoms with Gasteiger partial charge < -0.3 is 19.9 Å². The highest BCUT2D eigenvalue weighted by molar-refractivity contribution is 5.85. The Morgan fingerprint density at radius 2 is 2.00 bits per heavy atom. The first kappa shape index (κ1) is 23.6. The summed E-state index contributed by atoms with van der Waals surface area (Å²) in [4.78, 5) is 32.8. The van der Waals surface area contributed by atoms with Gasteiger partial charge in [-0.3, -0.25) is 9.13 Å². The van der Waals surface area contributed by atoms with E-state index < -0.39 is 0 Å². The first-order chi connectivity index (χ1) is 18.2. The summed E-state index contributed by atoms with van der Waals surface area (Å²) >= 11 is 0. The van der Waals surface area contributed by atoms with Crippen molar-refractivity contribution in [3.63, 3.8) is 0 Å². The van der Waals surface area contributed by atoms with Crippen LogP contribution in [-0.4, -0.2) is 73.4 Å². The van der Waals surface area contributed by atoms with Crippen LogP contribution in [-0.2, 0) is 4.74 Å². The standard InChI is InChI=1S/C26H31N9O2/c27-16-18-5-6-20-21(15-18)34(17-29-20)25-31-23(28-9-4-12-33-10-2-1-3-11-33)22-24(32-25)35(26(36)30-22)19-7-13-37-14-8-19/h5-6,15,17,19H,1-4,7-14H2,(H,30,36)(H,28,31,32). The van der Waals surface area contributed by atoms with Gasteiger partial charge in [-0.15, -0.1) is 0 Å². The summed E-state index contributed by atoms with van der Waals surface area (Å²) < 4.78 is 9.06. The van der Waals surface area contributed by atoms with Crippen molar-refractivity contribution in [1.29, 1.82) is 5.26 Å². The summed E-state index contributed by atoms with van der Waals surface area (Å²) in [5.41, 5.74) is 3.01. The molecule has 1 aromatic carbocycles. The van der Waals surface area contributed by atoms with Crippen molar-refractivity contribution >= 4 is 28.0 Å². The Kier molecular flexibility index (Phi) is 6.59. The van der Waals surface area contributed by atoms with Gasteiger partial charge in [-0.05, 0) is 69.9 Å². The van der Waals surface area contributed by atoms with Crippen LogP contribution in [0.4, 0.5) is 5.82 Å². The lowest BCUT2D eigenvalue weighted by atomic mass is 10.1. The Morgan fingerprint density at radius 3 is 2.81 bits per heavy atom. The van der Waals surface area contributed by atoms with Crippen molar-refractivity contribution in [2.45, 2.75) is 44.6 Å². The Labute approximate surface area is 214 Å². The number of aromatic amines is 1. The smallest absolute Gasteiger partial charge is 0.328 e. The molecule has 0 saturated carbocycles. The average Bonchev–Trinajstić information content (AvgIpc) is 3.52. The molecule has 4 aromatic rings. The summed E-state index contributed by atoms with van der Waals surface area (Å²) in [6.45, 7) is 5.34. The van der Waals surface area contributed by atoms with Crippen LogP contribution in [0.3, 0.4) is 0 Å². The van der Waals surface area contributed by atoms with E-state index in [2.05, 4.69) is 26.3 Å². The number of ether oxygens (including phenoxy) is 1. The fraction of sp³-hybridized carbons (Fsp3) is 0.500. The number of hydrogen-bond acceptors (Lipinski definition) is 8. The number of fused-ring (bicyclic) bond motifs is 2. The van der Waals surface area contributed by atoms with Crippen LogP contribution in [0.15, 0.2) is 29.3 Å². The monoisotopic (exact) mass is 501 g/mol. The summed E-state index contributed by atoms with van der Waals surface area (Å²) in [6, 6.07) is 7.54. The lowest BCUT2D eigenvalue weighted by Crippen LogP contribution is -2.31. The summed E-state index contributed by atoms with van der Waals surface area (Å²) in [5, 5.41) is 12.9. The van der Waals surface area contributed by atoms with Gasteiger partial charge in [-0.1, -0.05) is 6.42 Å². The quantitative estimate of drug-likeness (QED) is 0.370. The van der Waals surface area contributed by atoms with E-state index in [1.807, 2.05) is 6.07 Å². The third kappa shape index (κ3) is 4.70. The molecule has 2 saturated heterocycles. The molecule has 2 aliphatic heterocycles. The number of imidazole rings is 2. The fourth-order valence-electron chi connectivity index (χ4n) is 5.44. The maximum Gasteiger partial charge on any atom is 0.328 e. The van der Waals surface area contributed by atoms with Crippen LogP contribution in [0.1, 0.15) is 50.1 Å². The van der Waals surface area contributed by atoms with Gasteiger partial charge in [0.25, 0.3) is 0 Å². The molecule has 11 heteroatoms. The second-order valence-corrected chi connectivity index (χ2v) is 9.83. The molecule has 0 spiro atoms. The van der Waals surface area contributed by atoms with Gasteiger partial charge in [0.2, 0.25) is 5.95 Å². The van der Waals surface area contributed by atoms with Gasteiger partial charge >= 0.3 is 5.69 Å². The van der Waals surface area contributed by atoms with E-state index in [0.29, 0.717) is 41.7 Å². The molecule has 6 rings (SSSR count). The molecule has 0 atom stereocenters. The minimum Gasteiger partial charge on any atom is -0.381 e. The Morgan fingerprint density at radius 1 is 1.16 bits per heavy atom. The molecule has 37 heavy (non-hydrogen) atoms. The van der Waals surface area contributed by atoms with Crippen LogP contribution in [0.2, 0.25) is 0 Å². The molecule has 11 nitrogen and oxygen atoms in total. The number of piperidine rings is 1. The van der Waals surface area contributed by atoms with Crippen molar-refractivity contribution in [2.24, 2.45) is 0 Å². The lowest BCUT2D eigenvalue weighted by Gasteiger charge is -2.26. The van der Waals surface area contributed by atoms with E-state index in [0.717, 1.165) is 43.4 Å². The molecule has 192 valence electrons. The first-order valence-corrected chi connectivity index (χ1v) is 13.1. The third-order valence-corrected chi connectivity index (χ3v) is 7.40. The predicted octanol–water partition coefficient (Wildman–Crippen LogP) is 2.97. The van der Waals surface area contributed by atoms with Crippen molar-refractivity contribution in [2.75, 3.05) is 44.7 Å². The second kappa shape index (κ2) is 10.3. The molecule has 0 unspecified atom stereocenters. The van der Waals surface area contributed by atoms with Gasteiger partial charge in [0.15, 0.2) is 11.5 Å². The summed E-state index contributed by atoms with van der Waals surface area (Å²) in [7, 11) is 0. The number of nitriles is 1. The molecular formula is C26H31N9O2. The number of nitrogens with one attached hydrogen (secondary N) is 2. The van der Waals surface area contributed by atoms with Crippen LogP contribution >= 0.6 is 0 Å². The zero-order chi connectivity index (χ0) is 25.2. The zero-order valence-electron chi connectivity index (χ0n) is 20.8. The molecule has 0 amide bonds. The SMILES string of the molecule is N#Cc1ccc2ncn(-c3nc(NCCCN4CCCCC4)c4[nH]c(=O)n(C5CCOCC5)c4n3)c2c1. The van der Waals surface area contributed by atoms with E-state index in [9.17, 15) is 10.1 Å². The van der Waals surface area contributed by atoms with E-state index in [1.54, 1.807) is 27.6 Å². The molecule has 0 radical (unpaired) electrons. The van der Waals surface area contributed by atoms with E-state index >= 15 is 0 Å². The number of anilines is 1. The number of H-pyrrole nitrogens is 1. The van der Waals surface area contributed by atoms with Gasteiger partial charge in [0.05, 0.1) is 22.7 Å². The van der Waals surface area contributed by atoms with Gasteiger partial charge in [0, 0.05) is 25.8 Å². The summed E-state index contributed by atoms with van der Waals surface area (Å²) in [6.07, 6.45) is 8.02. The molecule has 0 aliphatic carbocycles. The number of hydrogen-bond donors (Lipinski definition) is 2. The van der Waals surface area contributed by atoms with Crippen molar-refractivity contribution in [1.82, 2.24) is 34.0 Å². The number of rotatable bonds is 7. The molecule has 2 aliphatic rings. The van der Waals surface area contributed by atoms with Crippen LogP contribution in [0.25, 0.3) is 28.1 Å². The molecule has 5 heterocycles. The van der Waals surface area contributed by atoms with Gasteiger partial charge in [-0.2, -0.15) is 15.2 Å². The van der Waals surface area contributed by atoms with Gasteiger partial charge in [0.1, 0.15) is 11.8 Å². The van der Waals surface area contributed by atoms with Crippen molar-refractivity contribution in [3.8, 4) is 12.0 Å². The van der Waals surface area contributed by atoms with Crippen LogP contribution < -0.4 is 11.0 Å². The second-order valence-electron chi connectivity index (χ2n) is 9.83. The fourth-order valence-corrected chi connectivity index (χ4v) is 5.44. The highest BCUT2D eigenvalue weighted by Gasteiger charge is 2.24. The Hall–Kier alpha value is -3.75. The normalized spacial score (nSPS) is 17.4. The van der Waals surface area contributed by atoms with Crippen molar-refractivity contribution < 1.29 is 4.74 Å². The molecule has 0 bridgehead atoms. The molecule has 2 N–H and O–H groups in total. The zero-order valence-corrected chi connectivity index (χ0v) is 20.8. The molecule has 3 aromatic heterocycles. The summed E-state index contributed by atoms with van der Waals surface area (Å²) in [5.74, 6) is 1.00. The molecular weight excluding hydrogens is 470 g/mol. The number of benzene rings is 1. The Balaban J connectivity index is 1.38. The largest absolute Gasteiger partial charge is 0.381 e. The van der Waals surface area contributed by atoms with Gasteiger partial charge in [-0.25, -0.2) is 9.78 Å². The Bertz CT molecular complexity index is 1500. The lowest BCUT2D eigenvalue weighted by molar-refractivity contribution is 0.0697. The maximum atomic E-state index is 13.1. The highest BCUT2D eigenvalue weighted by Crippen LogP contribution is 2.27. The van der Waals surface area contributed by atoms with Crippen LogP contribution in [0.5, 0.6) is 0 Å². The molecule has 2 fully saturated rings. The number of likely N-dealkylation sites (tertiary alicyclic amines) is 1. The minimum absolute atomic E-state index is 0.00873. The van der Waals surface area contributed by atoms with E-state index in [4.69, 9.17) is 14.7 Å². The van der Waals surface area contributed by atoms with Crippen molar-refractivity contribution in [3.05, 3.63) is 40.6 Å². The number of nitrogens with zero attached hydrogens (tertiary/aromatic N) is 7. The third-order valence-electron chi connectivity index (χ3n) is 7.40. The van der Waals surface area contributed by atoms with Crippen LogP contribution in [0, 0.1) is 11.3 Å². The van der Waals surface area contributed by atoms with E-state index in [1.165, 1.54) is 32.4 Å². The van der Waals surface area contributed by atoms with E-state index in [-0.39, 0.29) is 11.7 Å².